The van der Waals surface area contributed by atoms with E-state index in [4.69, 9.17) is 0 Å². The molecule has 1 aliphatic rings. The molecule has 0 aliphatic heterocycles. The second-order valence-corrected chi connectivity index (χ2v) is 7.33. The number of carbonyl (C=O) groups excluding carboxylic acids is 1. The molecule has 1 fully saturated rings. The van der Waals surface area contributed by atoms with Gasteiger partial charge in [-0.3, -0.25) is 4.79 Å². The van der Waals surface area contributed by atoms with Crippen molar-refractivity contribution in [1.29, 1.82) is 0 Å². The molecule has 0 aromatic carbocycles. The predicted molar refractivity (Wildman–Crippen MR) is 90.2 cm³/mol. The topological polar surface area (TPSA) is 36.4 Å². The van der Waals surface area contributed by atoms with E-state index >= 15 is 0 Å². The van der Waals surface area contributed by atoms with Crippen LogP contribution in [0.1, 0.15) is 36.5 Å². The molecule has 0 saturated heterocycles. The van der Waals surface area contributed by atoms with Crippen LogP contribution in [0.5, 0.6) is 0 Å². The van der Waals surface area contributed by atoms with Crippen molar-refractivity contribution < 1.29 is 4.79 Å². The lowest BCUT2D eigenvalue weighted by atomic mass is 10.1. The summed E-state index contributed by atoms with van der Waals surface area (Å²) in [5, 5.41) is 0.713. The SMILES string of the molecule is CCS[C@@H]1CC[C@H](N(C)C(=O)c2ccnc(N(C)C)c2)C1. The Morgan fingerprint density at radius 3 is 2.81 bits per heavy atom. The summed E-state index contributed by atoms with van der Waals surface area (Å²) in [7, 11) is 5.80. The van der Waals surface area contributed by atoms with Gasteiger partial charge < -0.3 is 9.80 Å². The zero-order valence-electron chi connectivity index (χ0n) is 13.4. The predicted octanol–water partition coefficient (Wildman–Crippen LogP) is 2.89. The highest BCUT2D eigenvalue weighted by atomic mass is 32.2. The highest BCUT2D eigenvalue weighted by Crippen LogP contribution is 2.32. The first-order valence-corrected chi connectivity index (χ1v) is 8.60. The van der Waals surface area contributed by atoms with Gasteiger partial charge in [0.1, 0.15) is 5.82 Å². The van der Waals surface area contributed by atoms with Crippen LogP contribution in [0.3, 0.4) is 0 Å². The lowest BCUT2D eigenvalue weighted by Gasteiger charge is -2.25. The number of thioether (sulfide) groups is 1. The van der Waals surface area contributed by atoms with Gasteiger partial charge in [-0.15, -0.1) is 0 Å². The number of aromatic nitrogens is 1. The molecule has 1 aromatic heterocycles. The average molecular weight is 307 g/mol. The summed E-state index contributed by atoms with van der Waals surface area (Å²) in [5.74, 6) is 2.08. The first-order valence-electron chi connectivity index (χ1n) is 7.55. The lowest BCUT2D eigenvalue weighted by molar-refractivity contribution is 0.0735. The molecule has 0 spiro atoms. The third-order valence-corrected chi connectivity index (χ3v) is 5.31. The third-order valence-electron chi connectivity index (χ3n) is 4.08. The summed E-state index contributed by atoms with van der Waals surface area (Å²) in [6.07, 6.45) is 5.17. The van der Waals surface area contributed by atoms with Gasteiger partial charge in [-0.25, -0.2) is 4.98 Å². The van der Waals surface area contributed by atoms with Gasteiger partial charge in [0.15, 0.2) is 0 Å². The Kier molecular flexibility index (Phi) is 5.51. The molecule has 1 aromatic rings. The standard InChI is InChI=1S/C16H25N3OS/c1-5-21-14-7-6-13(11-14)19(4)16(20)12-8-9-17-15(10-12)18(2)3/h8-10,13-14H,5-7,11H2,1-4H3/t13-,14+/m0/s1. The van der Waals surface area contributed by atoms with Gasteiger partial charge in [-0.2, -0.15) is 11.8 Å². The first-order chi connectivity index (χ1) is 10.0. The number of carbonyl (C=O) groups is 1. The van der Waals surface area contributed by atoms with Crippen molar-refractivity contribution in [3.8, 4) is 0 Å². The molecule has 1 aliphatic carbocycles. The highest BCUT2D eigenvalue weighted by molar-refractivity contribution is 7.99. The van der Waals surface area contributed by atoms with Crippen molar-refractivity contribution in [3.05, 3.63) is 23.9 Å². The minimum atomic E-state index is 0.104. The quantitative estimate of drug-likeness (QED) is 0.838. The molecule has 21 heavy (non-hydrogen) atoms. The van der Waals surface area contributed by atoms with Crippen molar-refractivity contribution in [1.82, 2.24) is 9.88 Å². The summed E-state index contributed by atoms with van der Waals surface area (Å²) >= 11 is 2.02. The summed E-state index contributed by atoms with van der Waals surface area (Å²) in [4.78, 5) is 20.7. The van der Waals surface area contributed by atoms with Crippen molar-refractivity contribution in [3.63, 3.8) is 0 Å². The Labute approximate surface area is 131 Å². The zero-order valence-corrected chi connectivity index (χ0v) is 14.2. The van der Waals surface area contributed by atoms with E-state index in [1.807, 2.05) is 48.8 Å². The van der Waals surface area contributed by atoms with Crippen LogP contribution in [0.2, 0.25) is 0 Å². The van der Waals surface area contributed by atoms with Crippen LogP contribution in [0.25, 0.3) is 0 Å². The van der Waals surface area contributed by atoms with Gasteiger partial charge in [-0.1, -0.05) is 6.92 Å². The summed E-state index contributed by atoms with van der Waals surface area (Å²) in [6.45, 7) is 2.20. The minimum Gasteiger partial charge on any atom is -0.363 e. The van der Waals surface area contributed by atoms with E-state index in [1.165, 1.54) is 6.42 Å². The van der Waals surface area contributed by atoms with Crippen LogP contribution in [0.4, 0.5) is 5.82 Å². The normalized spacial score (nSPS) is 21.3. The van der Waals surface area contributed by atoms with Crippen LogP contribution >= 0.6 is 11.8 Å². The number of amides is 1. The molecule has 2 rings (SSSR count). The summed E-state index contributed by atoms with van der Waals surface area (Å²) in [5.41, 5.74) is 0.725. The second-order valence-electron chi connectivity index (χ2n) is 5.76. The van der Waals surface area contributed by atoms with Crippen LogP contribution in [-0.2, 0) is 0 Å². The molecule has 1 amide bonds. The fourth-order valence-corrected chi connectivity index (χ4v) is 3.95. The number of hydrogen-bond acceptors (Lipinski definition) is 4. The van der Waals surface area contributed by atoms with Gasteiger partial charge >= 0.3 is 0 Å². The monoisotopic (exact) mass is 307 g/mol. The maximum absolute atomic E-state index is 12.6. The van der Waals surface area contributed by atoms with Crippen LogP contribution in [-0.4, -0.2) is 54.0 Å². The maximum atomic E-state index is 12.6. The largest absolute Gasteiger partial charge is 0.363 e. The molecule has 4 nitrogen and oxygen atoms in total. The Bertz CT molecular complexity index is 492. The molecule has 0 unspecified atom stereocenters. The minimum absolute atomic E-state index is 0.104. The molecule has 0 N–H and O–H groups in total. The van der Waals surface area contributed by atoms with Crippen LogP contribution < -0.4 is 4.90 Å². The van der Waals surface area contributed by atoms with E-state index in [-0.39, 0.29) is 5.91 Å². The molecule has 2 atom stereocenters. The smallest absolute Gasteiger partial charge is 0.254 e. The maximum Gasteiger partial charge on any atom is 0.254 e. The Balaban J connectivity index is 2.04. The second kappa shape index (κ2) is 7.16. The van der Waals surface area contributed by atoms with E-state index in [9.17, 15) is 4.79 Å². The van der Waals surface area contributed by atoms with Gasteiger partial charge in [0, 0.05) is 44.2 Å². The van der Waals surface area contributed by atoms with E-state index < -0.39 is 0 Å². The fraction of sp³-hybridized carbons (Fsp3) is 0.625. The summed E-state index contributed by atoms with van der Waals surface area (Å²) in [6, 6.07) is 4.04. The molecular weight excluding hydrogens is 282 g/mol. The number of rotatable bonds is 5. The van der Waals surface area contributed by atoms with E-state index in [0.717, 1.165) is 30.0 Å². The zero-order chi connectivity index (χ0) is 15.4. The molecule has 1 saturated carbocycles. The highest BCUT2D eigenvalue weighted by Gasteiger charge is 2.30. The van der Waals surface area contributed by atoms with E-state index in [1.54, 1.807) is 12.3 Å². The fourth-order valence-electron chi connectivity index (χ4n) is 2.82. The van der Waals surface area contributed by atoms with Gasteiger partial charge in [-0.05, 0) is 37.1 Å². The van der Waals surface area contributed by atoms with Crippen molar-refractivity contribution in [2.45, 2.75) is 37.5 Å². The molecule has 1 heterocycles. The molecule has 0 bridgehead atoms. The first kappa shape index (κ1) is 16.1. The lowest BCUT2D eigenvalue weighted by Crippen LogP contribution is -2.35. The van der Waals surface area contributed by atoms with Crippen molar-refractivity contribution >= 4 is 23.5 Å². The molecular formula is C16H25N3OS. The summed E-state index contributed by atoms with van der Waals surface area (Å²) < 4.78 is 0. The number of pyridine rings is 1. The average Bonchev–Trinajstić information content (AvgIpc) is 2.95. The van der Waals surface area contributed by atoms with Gasteiger partial charge in [0.2, 0.25) is 0 Å². The third kappa shape index (κ3) is 3.90. The number of anilines is 1. The van der Waals surface area contributed by atoms with Crippen molar-refractivity contribution in [2.24, 2.45) is 0 Å². The van der Waals surface area contributed by atoms with Gasteiger partial charge in [0.05, 0.1) is 0 Å². The Morgan fingerprint density at radius 1 is 1.38 bits per heavy atom. The van der Waals surface area contributed by atoms with Gasteiger partial charge in [0.25, 0.3) is 5.91 Å². The molecule has 0 radical (unpaired) electrons. The van der Waals surface area contributed by atoms with E-state index in [0.29, 0.717) is 11.3 Å². The Morgan fingerprint density at radius 2 is 2.14 bits per heavy atom. The van der Waals surface area contributed by atoms with Crippen LogP contribution in [0, 0.1) is 0 Å². The molecule has 5 heteroatoms. The number of hydrogen-bond donors (Lipinski definition) is 0. The Hall–Kier alpha value is -1.23. The van der Waals surface area contributed by atoms with E-state index in [2.05, 4.69) is 11.9 Å². The number of nitrogens with zero attached hydrogens (tertiary/aromatic N) is 3. The molecule has 116 valence electrons. The van der Waals surface area contributed by atoms with Crippen molar-refractivity contribution in [2.75, 3.05) is 31.8 Å². The van der Waals surface area contributed by atoms with Crippen LogP contribution in [0.15, 0.2) is 18.3 Å².